The van der Waals surface area contributed by atoms with Crippen LogP contribution >= 0.6 is 12.6 Å². The second kappa shape index (κ2) is 9.11. The van der Waals surface area contributed by atoms with Crippen molar-refractivity contribution in [3.63, 3.8) is 0 Å². The first-order valence-electron chi connectivity index (χ1n) is 10.2. The molecule has 1 aromatic carbocycles. The van der Waals surface area contributed by atoms with Gasteiger partial charge in [0.2, 0.25) is 0 Å². The van der Waals surface area contributed by atoms with Crippen LogP contribution in [0.3, 0.4) is 0 Å². The van der Waals surface area contributed by atoms with Crippen molar-refractivity contribution in [2.75, 3.05) is 18.0 Å². The number of ether oxygens (including phenoxy) is 1. The van der Waals surface area contributed by atoms with Crippen molar-refractivity contribution < 1.29 is 9.53 Å². The summed E-state index contributed by atoms with van der Waals surface area (Å²) in [7, 11) is 0. The van der Waals surface area contributed by atoms with Gasteiger partial charge in [0.1, 0.15) is 5.60 Å². The van der Waals surface area contributed by atoms with Crippen molar-refractivity contribution in [3.05, 3.63) is 53.7 Å². The molecule has 1 fully saturated rings. The van der Waals surface area contributed by atoms with Gasteiger partial charge in [-0.3, -0.25) is 0 Å². The molecule has 1 spiro atoms. The van der Waals surface area contributed by atoms with Gasteiger partial charge in [-0.05, 0) is 63.3 Å². The summed E-state index contributed by atoms with van der Waals surface area (Å²) in [6.07, 6.45) is 4.55. The number of anilines is 1. The third kappa shape index (κ3) is 4.98. The van der Waals surface area contributed by atoms with Crippen LogP contribution in [0.4, 0.5) is 10.5 Å². The zero-order valence-corrected chi connectivity index (χ0v) is 21.2. The Kier molecular flexibility index (Phi) is 7.12. The number of thiol groups is 1. The smallest absolute Gasteiger partial charge is 0.408 e. The zero-order valence-electron chi connectivity index (χ0n) is 18.3. The first-order valence-corrected chi connectivity index (χ1v) is 10.7. The van der Waals surface area contributed by atoms with Gasteiger partial charge < -0.3 is 15.0 Å². The van der Waals surface area contributed by atoms with Crippen LogP contribution in [0, 0.1) is 5.41 Å². The standard InChI is InChI=1S/C23H29N3O2S.Na/c1-22(2,3)28-21(27)25-20-18-7-5-4-6-16(18)14-23(20)10-12-26(13-11-23)17-8-9-19(29)24-15-17;/h4-9,15,20H,10-14H2,1-3H3,(H,24,29)(H,25,27);/t20-;/m1./s1. The number of fused-ring (bicyclic) bond motifs is 1. The van der Waals surface area contributed by atoms with E-state index in [1.807, 2.05) is 33.0 Å². The fourth-order valence-corrected chi connectivity index (χ4v) is 4.82. The molecular formula is C23H29N3NaO2S. The molecule has 2 aliphatic rings. The van der Waals surface area contributed by atoms with Crippen LogP contribution in [-0.2, 0) is 11.2 Å². The van der Waals surface area contributed by atoms with Crippen molar-refractivity contribution in [1.29, 1.82) is 0 Å². The van der Waals surface area contributed by atoms with E-state index in [9.17, 15) is 4.79 Å². The number of carbonyl (C=O) groups is 1. The van der Waals surface area contributed by atoms with Crippen molar-refractivity contribution in [2.24, 2.45) is 5.41 Å². The molecule has 1 saturated heterocycles. The first-order chi connectivity index (χ1) is 13.8. The number of nitrogens with one attached hydrogen (secondary N) is 1. The molecule has 1 aromatic heterocycles. The van der Waals surface area contributed by atoms with E-state index in [0.29, 0.717) is 0 Å². The maximum atomic E-state index is 12.6. The number of amides is 1. The van der Waals surface area contributed by atoms with Crippen LogP contribution < -0.4 is 10.2 Å². The second-order valence-corrected chi connectivity index (χ2v) is 9.64. The molecule has 1 amide bonds. The van der Waals surface area contributed by atoms with E-state index in [1.54, 1.807) is 0 Å². The third-order valence-electron chi connectivity index (χ3n) is 6.04. The van der Waals surface area contributed by atoms with E-state index >= 15 is 0 Å². The molecule has 1 aliphatic heterocycles. The van der Waals surface area contributed by atoms with E-state index in [4.69, 9.17) is 4.74 Å². The predicted octanol–water partition coefficient (Wildman–Crippen LogP) is 4.40. The Morgan fingerprint density at radius 3 is 2.53 bits per heavy atom. The summed E-state index contributed by atoms with van der Waals surface area (Å²) in [6, 6.07) is 12.5. The maximum Gasteiger partial charge on any atom is 0.408 e. The van der Waals surface area contributed by atoms with Gasteiger partial charge in [-0.1, -0.05) is 24.3 Å². The molecule has 155 valence electrons. The van der Waals surface area contributed by atoms with Crippen molar-refractivity contribution in [1.82, 2.24) is 10.3 Å². The molecule has 1 radical (unpaired) electrons. The van der Waals surface area contributed by atoms with Gasteiger partial charge in [-0.15, -0.1) is 12.6 Å². The minimum absolute atomic E-state index is 0. The average Bonchev–Trinajstić information content (AvgIpc) is 2.95. The van der Waals surface area contributed by atoms with Gasteiger partial charge in [0, 0.05) is 48.1 Å². The molecule has 1 aliphatic carbocycles. The molecule has 1 N–H and O–H groups in total. The first kappa shape index (κ1) is 23.5. The third-order valence-corrected chi connectivity index (χ3v) is 6.30. The van der Waals surface area contributed by atoms with Crippen LogP contribution in [0.15, 0.2) is 47.6 Å². The van der Waals surface area contributed by atoms with Gasteiger partial charge in [0.15, 0.2) is 0 Å². The maximum absolute atomic E-state index is 12.6. The Morgan fingerprint density at radius 1 is 1.20 bits per heavy atom. The average molecular weight is 435 g/mol. The van der Waals surface area contributed by atoms with Gasteiger partial charge in [-0.25, -0.2) is 9.78 Å². The fourth-order valence-electron chi connectivity index (χ4n) is 4.69. The number of pyridine rings is 1. The van der Waals surface area contributed by atoms with Gasteiger partial charge >= 0.3 is 6.09 Å². The van der Waals surface area contributed by atoms with Gasteiger partial charge in [0.25, 0.3) is 0 Å². The van der Waals surface area contributed by atoms with Crippen LogP contribution in [0.25, 0.3) is 0 Å². The number of hydrogen-bond acceptors (Lipinski definition) is 5. The molecule has 5 nitrogen and oxygen atoms in total. The van der Waals surface area contributed by atoms with Crippen molar-refractivity contribution >= 4 is 54.0 Å². The summed E-state index contributed by atoms with van der Waals surface area (Å²) >= 11 is 4.28. The van der Waals surface area contributed by atoms with E-state index < -0.39 is 5.60 Å². The number of nitrogens with zero attached hydrogens (tertiary/aromatic N) is 2. The molecule has 0 bridgehead atoms. The van der Waals surface area contributed by atoms with E-state index in [1.165, 1.54) is 11.1 Å². The number of alkyl carbamates (subject to hydrolysis) is 1. The van der Waals surface area contributed by atoms with Crippen LogP contribution in [0.1, 0.15) is 50.8 Å². The molecule has 2 aromatic rings. The van der Waals surface area contributed by atoms with Crippen LogP contribution in [-0.4, -0.2) is 59.3 Å². The number of hydrogen-bond donors (Lipinski definition) is 2. The molecule has 2 heterocycles. The Hall–Kier alpha value is -1.21. The molecule has 30 heavy (non-hydrogen) atoms. The summed E-state index contributed by atoms with van der Waals surface area (Å²) in [5, 5.41) is 3.94. The van der Waals surface area contributed by atoms with E-state index in [2.05, 4.69) is 58.2 Å². The quantitative estimate of drug-likeness (QED) is 0.544. The SMILES string of the molecule is CC(C)(C)OC(=O)N[C@@H]1c2ccccc2CC12CCN(c1ccc(S)nc1)CC2.[Na]. The number of rotatable bonds is 2. The number of carbonyl (C=O) groups excluding carboxylic acids is 1. The zero-order chi connectivity index (χ0) is 20.6. The summed E-state index contributed by atoms with van der Waals surface area (Å²) in [6.45, 7) is 7.57. The summed E-state index contributed by atoms with van der Waals surface area (Å²) in [5.41, 5.74) is 3.21. The fraction of sp³-hybridized carbons (Fsp3) is 0.478. The normalized spacial score (nSPS) is 19.7. The predicted molar refractivity (Wildman–Crippen MR) is 123 cm³/mol. The van der Waals surface area contributed by atoms with Crippen LogP contribution in [0.5, 0.6) is 0 Å². The molecule has 0 unspecified atom stereocenters. The molecule has 4 rings (SSSR count). The second-order valence-electron chi connectivity index (χ2n) is 9.18. The Morgan fingerprint density at radius 2 is 1.90 bits per heavy atom. The van der Waals surface area contributed by atoms with Crippen molar-refractivity contribution in [3.8, 4) is 0 Å². The van der Waals surface area contributed by atoms with Crippen LogP contribution in [0.2, 0.25) is 0 Å². The van der Waals surface area contributed by atoms with E-state index in [-0.39, 0.29) is 47.1 Å². The van der Waals surface area contributed by atoms with Crippen molar-refractivity contribution in [2.45, 2.75) is 56.7 Å². The largest absolute Gasteiger partial charge is 0.444 e. The number of aromatic nitrogens is 1. The molecule has 0 saturated carbocycles. The monoisotopic (exact) mass is 434 g/mol. The minimum atomic E-state index is -0.509. The summed E-state index contributed by atoms with van der Waals surface area (Å²) in [5.74, 6) is 0. The number of piperidine rings is 1. The molecule has 1 atom stereocenters. The van der Waals surface area contributed by atoms with Gasteiger partial charge in [0.05, 0.1) is 23.0 Å². The summed E-state index contributed by atoms with van der Waals surface area (Å²) in [4.78, 5) is 19.3. The van der Waals surface area contributed by atoms with E-state index in [0.717, 1.165) is 43.1 Å². The Balaban J connectivity index is 0.00000256. The molecular weight excluding hydrogens is 405 g/mol. The summed E-state index contributed by atoms with van der Waals surface area (Å²) < 4.78 is 5.57. The Labute approximate surface area is 206 Å². The van der Waals surface area contributed by atoms with Gasteiger partial charge in [-0.2, -0.15) is 0 Å². The Bertz CT molecular complexity index is 890. The minimum Gasteiger partial charge on any atom is -0.444 e. The topological polar surface area (TPSA) is 54.5 Å². The molecule has 7 heteroatoms. The number of benzene rings is 1.